The predicted octanol–water partition coefficient (Wildman–Crippen LogP) is 4.21. The van der Waals surface area contributed by atoms with Gasteiger partial charge in [-0.3, -0.25) is 4.55 Å². The molecule has 4 rings (SSSR count). The lowest BCUT2D eigenvalue weighted by Crippen LogP contribution is -2.39. The first kappa shape index (κ1) is 20.8. The van der Waals surface area contributed by atoms with Crippen LogP contribution < -0.4 is 5.32 Å². The molecule has 28 heavy (non-hydrogen) atoms. The quantitative estimate of drug-likeness (QED) is 0.740. The second-order valence-electron chi connectivity index (χ2n) is 7.35. The molecule has 0 aromatic heterocycles. The fraction of sp³-hybridized carbons (Fsp3) is 0.400. The van der Waals surface area contributed by atoms with E-state index in [0.717, 1.165) is 24.2 Å². The first-order chi connectivity index (χ1) is 13.0. The highest BCUT2D eigenvalue weighted by atomic mass is 32.2. The molecule has 2 aromatic carbocycles. The molecule has 1 saturated heterocycles. The van der Waals surface area contributed by atoms with Gasteiger partial charge in [0.15, 0.2) is 0 Å². The van der Waals surface area contributed by atoms with Crippen molar-refractivity contribution in [3.05, 3.63) is 65.2 Å². The number of nitrogens with one attached hydrogen (secondary N) is 1. The number of hydrogen-bond donors (Lipinski definition) is 2. The van der Waals surface area contributed by atoms with Gasteiger partial charge in [0.2, 0.25) is 0 Å². The van der Waals surface area contributed by atoms with Gasteiger partial charge in [0.1, 0.15) is 0 Å². The zero-order valence-electron chi connectivity index (χ0n) is 15.3. The fourth-order valence-corrected chi connectivity index (χ4v) is 3.65. The van der Waals surface area contributed by atoms with E-state index < -0.39 is 21.7 Å². The largest absolute Gasteiger partial charge is 0.398 e. The third-order valence-electron chi connectivity index (χ3n) is 5.33. The molecule has 1 aliphatic heterocycles. The molecule has 0 radical (unpaired) electrons. The molecule has 0 atom stereocenters. The molecule has 1 aliphatic carbocycles. The summed E-state index contributed by atoms with van der Waals surface area (Å²) in [7, 11) is -4.02. The zero-order valence-corrected chi connectivity index (χ0v) is 16.1. The predicted molar refractivity (Wildman–Crippen MR) is 100 cm³/mol. The summed E-state index contributed by atoms with van der Waals surface area (Å²) in [5, 5.41) is 3.16. The van der Waals surface area contributed by atoms with E-state index in [1.807, 2.05) is 19.1 Å². The number of alkyl halides is 3. The maximum absolute atomic E-state index is 12.9. The van der Waals surface area contributed by atoms with Crippen LogP contribution in [-0.2, 0) is 15.5 Å². The molecule has 8 heteroatoms. The number of hydrogen-bond acceptors (Lipinski definition) is 3. The van der Waals surface area contributed by atoms with E-state index in [1.165, 1.54) is 12.1 Å². The summed E-state index contributed by atoms with van der Waals surface area (Å²) in [6.07, 6.45) is -3.63. The highest BCUT2D eigenvalue weighted by molar-refractivity contribution is 7.85. The number of benzene rings is 2. The Morgan fingerprint density at radius 3 is 1.89 bits per heavy atom. The molecule has 1 saturated carbocycles. The van der Waals surface area contributed by atoms with Gasteiger partial charge in [-0.1, -0.05) is 42.0 Å². The van der Waals surface area contributed by atoms with Crippen molar-refractivity contribution in [2.75, 3.05) is 13.1 Å². The lowest BCUT2D eigenvalue weighted by Gasteiger charge is -2.28. The van der Waals surface area contributed by atoms with E-state index in [2.05, 4.69) is 5.32 Å². The molecule has 0 bridgehead atoms. The third-order valence-corrected chi connectivity index (χ3v) is 6.20. The minimum Gasteiger partial charge on any atom is -0.315 e. The van der Waals surface area contributed by atoms with E-state index in [-0.39, 0.29) is 17.7 Å². The first-order valence-corrected chi connectivity index (χ1v) is 10.4. The Hall–Kier alpha value is -1.90. The molecule has 2 aliphatic rings. The molecule has 0 spiro atoms. The second kappa shape index (κ2) is 7.50. The first-order valence-electron chi connectivity index (χ1n) is 8.95. The van der Waals surface area contributed by atoms with Crippen LogP contribution >= 0.6 is 0 Å². The minimum absolute atomic E-state index is 0.0666. The topological polar surface area (TPSA) is 66.4 Å². The molecular weight excluding hydrogens is 391 g/mol. The van der Waals surface area contributed by atoms with Crippen molar-refractivity contribution >= 4 is 10.1 Å². The van der Waals surface area contributed by atoms with Crippen LogP contribution in [0.1, 0.15) is 35.4 Å². The Kier molecular flexibility index (Phi) is 5.58. The van der Waals surface area contributed by atoms with Gasteiger partial charge in [0.05, 0.1) is 10.3 Å². The maximum Gasteiger partial charge on any atom is 0.398 e. The van der Waals surface area contributed by atoms with E-state index in [9.17, 15) is 21.6 Å². The van der Waals surface area contributed by atoms with Crippen molar-refractivity contribution in [2.24, 2.45) is 0 Å². The van der Waals surface area contributed by atoms with Gasteiger partial charge in [0, 0.05) is 19.0 Å². The van der Waals surface area contributed by atoms with Gasteiger partial charge in [0.25, 0.3) is 10.1 Å². The molecule has 152 valence electrons. The standard InChI is InChI=1S/C13H14F3N.C7H8O3S/c14-13(15,16)12(5-6-12)11-3-1-9(2-4-11)10-7-17-8-10;1-6-2-4-7(5-3-6)11(8,9)10/h1-4,10,17H,5-8H2;2-5H,1H3,(H,8,9,10). The molecule has 0 amide bonds. The highest BCUT2D eigenvalue weighted by Gasteiger charge is 2.64. The van der Waals surface area contributed by atoms with Crippen molar-refractivity contribution in [1.82, 2.24) is 5.32 Å². The van der Waals surface area contributed by atoms with E-state index in [0.29, 0.717) is 11.5 Å². The normalized spacial score (nSPS) is 18.6. The van der Waals surface area contributed by atoms with Gasteiger partial charge in [-0.15, -0.1) is 0 Å². The zero-order chi connectivity index (χ0) is 20.6. The van der Waals surface area contributed by atoms with Crippen LogP contribution in [0.2, 0.25) is 0 Å². The fourth-order valence-electron chi connectivity index (χ4n) is 3.17. The number of rotatable bonds is 3. The molecule has 2 N–H and O–H groups in total. The summed E-state index contributed by atoms with van der Waals surface area (Å²) in [5.41, 5.74) is 0.993. The Morgan fingerprint density at radius 1 is 1.00 bits per heavy atom. The van der Waals surface area contributed by atoms with Gasteiger partial charge < -0.3 is 5.32 Å². The third kappa shape index (κ3) is 4.39. The Morgan fingerprint density at radius 2 is 1.54 bits per heavy atom. The molecule has 2 fully saturated rings. The van der Waals surface area contributed by atoms with Gasteiger partial charge in [-0.05, 0) is 43.0 Å². The average molecular weight is 413 g/mol. The lowest BCUT2D eigenvalue weighted by molar-refractivity contribution is -0.160. The average Bonchev–Trinajstić information content (AvgIpc) is 3.36. The lowest BCUT2D eigenvalue weighted by atomic mass is 9.89. The molecule has 1 heterocycles. The van der Waals surface area contributed by atoms with Gasteiger partial charge in [-0.2, -0.15) is 21.6 Å². The number of halogens is 3. The summed E-state index contributed by atoms with van der Waals surface area (Å²) < 4.78 is 68.3. The van der Waals surface area contributed by atoms with Crippen LogP contribution in [0.3, 0.4) is 0 Å². The van der Waals surface area contributed by atoms with Crippen LogP contribution in [0.15, 0.2) is 53.4 Å². The number of aryl methyl sites for hydroxylation is 1. The Balaban J connectivity index is 0.000000178. The van der Waals surface area contributed by atoms with Gasteiger partial charge in [-0.25, -0.2) is 0 Å². The summed E-state index contributed by atoms with van der Waals surface area (Å²) in [4.78, 5) is -0.0666. The highest BCUT2D eigenvalue weighted by Crippen LogP contribution is 2.58. The summed E-state index contributed by atoms with van der Waals surface area (Å²) in [6, 6.07) is 13.0. The Labute approximate surface area is 162 Å². The molecule has 4 nitrogen and oxygen atoms in total. The summed E-state index contributed by atoms with van der Waals surface area (Å²) in [6.45, 7) is 3.71. The van der Waals surface area contributed by atoms with Crippen LogP contribution in [0.25, 0.3) is 0 Å². The second-order valence-corrected chi connectivity index (χ2v) is 8.77. The van der Waals surface area contributed by atoms with E-state index in [4.69, 9.17) is 4.55 Å². The van der Waals surface area contributed by atoms with Crippen LogP contribution in [-0.4, -0.2) is 32.2 Å². The van der Waals surface area contributed by atoms with E-state index >= 15 is 0 Å². The van der Waals surface area contributed by atoms with Crippen molar-refractivity contribution in [1.29, 1.82) is 0 Å². The van der Waals surface area contributed by atoms with Crippen LogP contribution in [0.4, 0.5) is 13.2 Å². The Bertz CT molecular complexity index is 915. The molecule has 2 aromatic rings. The van der Waals surface area contributed by atoms with Crippen molar-refractivity contribution < 1.29 is 26.1 Å². The van der Waals surface area contributed by atoms with Crippen molar-refractivity contribution in [2.45, 2.75) is 42.2 Å². The molecule has 0 unspecified atom stereocenters. The van der Waals surface area contributed by atoms with Crippen LogP contribution in [0.5, 0.6) is 0 Å². The monoisotopic (exact) mass is 413 g/mol. The van der Waals surface area contributed by atoms with Crippen molar-refractivity contribution in [3.8, 4) is 0 Å². The maximum atomic E-state index is 12.9. The summed E-state index contributed by atoms with van der Waals surface area (Å²) >= 11 is 0. The smallest absolute Gasteiger partial charge is 0.315 e. The van der Waals surface area contributed by atoms with Gasteiger partial charge >= 0.3 is 6.18 Å². The van der Waals surface area contributed by atoms with Crippen molar-refractivity contribution in [3.63, 3.8) is 0 Å². The summed E-state index contributed by atoms with van der Waals surface area (Å²) in [5.74, 6) is 0.477. The SMILES string of the molecule is Cc1ccc(S(=O)(=O)O)cc1.FC(F)(F)C1(c2ccc(C3CNC3)cc2)CC1. The van der Waals surface area contributed by atoms with Crippen LogP contribution in [0, 0.1) is 6.92 Å². The van der Waals surface area contributed by atoms with E-state index in [1.54, 1.807) is 24.3 Å². The molecular formula is C20H22F3NO3S. The minimum atomic E-state index is -4.10.